The van der Waals surface area contributed by atoms with Gasteiger partial charge in [-0.25, -0.2) is 19.6 Å². The van der Waals surface area contributed by atoms with E-state index < -0.39 is 11.9 Å². The minimum Gasteiger partial charge on any atom is -0.489 e. The number of nitrogens with zero attached hydrogens (tertiary/aromatic N) is 4. The zero-order chi connectivity index (χ0) is 33.3. The molecule has 0 bridgehead atoms. The maximum atomic E-state index is 12.8. The van der Waals surface area contributed by atoms with E-state index in [1.54, 1.807) is 60.9 Å². The first-order valence-electron chi connectivity index (χ1n) is 15.0. The molecule has 10 heteroatoms. The van der Waals surface area contributed by atoms with Crippen LogP contribution in [0.1, 0.15) is 31.8 Å². The summed E-state index contributed by atoms with van der Waals surface area (Å²) in [6.07, 6.45) is 3.21. The Morgan fingerprint density at radius 1 is 0.500 bits per heavy atom. The molecule has 48 heavy (non-hydrogen) atoms. The number of methoxy groups -OCH3 is 2. The molecule has 0 unspecified atom stereocenters. The van der Waals surface area contributed by atoms with Crippen LogP contribution in [0.25, 0.3) is 34.2 Å². The predicted octanol–water partition coefficient (Wildman–Crippen LogP) is 7.00. The lowest BCUT2D eigenvalue weighted by Crippen LogP contribution is -2.06. The molecule has 0 aliphatic rings. The molecule has 0 N–H and O–H groups in total. The van der Waals surface area contributed by atoms with Gasteiger partial charge in [0.05, 0.1) is 59.5 Å². The lowest BCUT2D eigenvalue weighted by molar-refractivity contribution is 0.0591. The van der Waals surface area contributed by atoms with E-state index >= 15 is 0 Å². The van der Waals surface area contributed by atoms with Gasteiger partial charge in [-0.3, -0.25) is 9.97 Å². The molecule has 238 valence electrons. The Morgan fingerprint density at radius 3 is 1.25 bits per heavy atom. The van der Waals surface area contributed by atoms with Crippen molar-refractivity contribution in [1.82, 2.24) is 19.9 Å². The molecule has 6 aromatic rings. The maximum absolute atomic E-state index is 12.8. The molecule has 10 nitrogen and oxygen atoms in total. The van der Waals surface area contributed by atoms with E-state index in [9.17, 15) is 9.59 Å². The number of aromatic nitrogens is 4. The molecule has 0 saturated heterocycles. The summed E-state index contributed by atoms with van der Waals surface area (Å²) < 4.78 is 22.1. The van der Waals surface area contributed by atoms with Crippen LogP contribution in [-0.2, 0) is 22.7 Å². The number of ether oxygens (including phenoxy) is 4. The molecule has 2 aromatic carbocycles. The molecule has 0 fully saturated rings. The van der Waals surface area contributed by atoms with Gasteiger partial charge in [0.2, 0.25) is 0 Å². The quantitative estimate of drug-likeness (QED) is 0.137. The van der Waals surface area contributed by atoms with E-state index in [4.69, 9.17) is 28.9 Å². The van der Waals surface area contributed by atoms with Gasteiger partial charge >= 0.3 is 11.9 Å². The van der Waals surface area contributed by atoms with Gasteiger partial charge in [0.15, 0.2) is 0 Å². The Bertz CT molecular complexity index is 1910. The van der Waals surface area contributed by atoms with E-state index in [1.165, 1.54) is 14.2 Å². The highest BCUT2D eigenvalue weighted by Gasteiger charge is 2.19. The number of hydrogen-bond acceptors (Lipinski definition) is 10. The average molecular weight is 639 g/mol. The van der Waals surface area contributed by atoms with Crippen molar-refractivity contribution in [2.75, 3.05) is 14.2 Å². The summed E-state index contributed by atoms with van der Waals surface area (Å²) in [4.78, 5) is 44.2. The van der Waals surface area contributed by atoms with Crippen LogP contribution in [0.5, 0.6) is 11.5 Å². The van der Waals surface area contributed by atoms with E-state index in [-0.39, 0.29) is 11.1 Å². The lowest BCUT2D eigenvalue weighted by atomic mass is 10.1. The first-order chi connectivity index (χ1) is 23.5. The third-order valence-electron chi connectivity index (χ3n) is 7.24. The molecule has 0 spiro atoms. The van der Waals surface area contributed by atoms with Crippen molar-refractivity contribution in [3.63, 3.8) is 0 Å². The molecular formula is C38H30N4O6. The van der Waals surface area contributed by atoms with Gasteiger partial charge in [0, 0.05) is 24.5 Å². The Kier molecular flexibility index (Phi) is 9.72. The van der Waals surface area contributed by atoms with Crippen molar-refractivity contribution in [3.05, 3.63) is 144 Å². The Balaban J connectivity index is 1.37. The molecule has 6 rings (SSSR count). The fraction of sp³-hybridized carbons (Fsp3) is 0.105. The molecule has 0 radical (unpaired) electrons. The normalized spacial score (nSPS) is 10.6. The van der Waals surface area contributed by atoms with Gasteiger partial charge in [-0.1, -0.05) is 60.7 Å². The first-order valence-corrected chi connectivity index (χ1v) is 15.0. The second kappa shape index (κ2) is 14.8. The van der Waals surface area contributed by atoms with Crippen molar-refractivity contribution in [2.45, 2.75) is 13.2 Å². The monoisotopic (exact) mass is 638 g/mol. The van der Waals surface area contributed by atoms with Crippen molar-refractivity contribution >= 4 is 11.9 Å². The van der Waals surface area contributed by atoms with E-state index in [0.717, 1.165) is 11.1 Å². The molecule has 0 aliphatic carbocycles. The second-order valence-electron chi connectivity index (χ2n) is 10.5. The Hall–Kier alpha value is -6.42. The summed E-state index contributed by atoms with van der Waals surface area (Å²) >= 11 is 0. The highest BCUT2D eigenvalue weighted by atomic mass is 16.5. The number of rotatable bonds is 11. The highest BCUT2D eigenvalue weighted by Crippen LogP contribution is 2.29. The largest absolute Gasteiger partial charge is 0.489 e. The fourth-order valence-electron chi connectivity index (χ4n) is 4.82. The summed E-state index contributed by atoms with van der Waals surface area (Å²) in [5.41, 5.74) is 4.73. The summed E-state index contributed by atoms with van der Waals surface area (Å²) in [5.74, 6) is -0.00949. The van der Waals surface area contributed by atoms with Crippen LogP contribution < -0.4 is 9.47 Å². The number of carbonyl (C=O) groups is 2. The van der Waals surface area contributed by atoms with Crippen LogP contribution in [-0.4, -0.2) is 46.1 Å². The van der Waals surface area contributed by atoms with Crippen LogP contribution in [0.3, 0.4) is 0 Å². The van der Waals surface area contributed by atoms with Crippen molar-refractivity contribution in [2.24, 2.45) is 0 Å². The molecule has 0 atom stereocenters. The molecule has 0 aliphatic heterocycles. The third-order valence-corrected chi connectivity index (χ3v) is 7.24. The first kappa shape index (κ1) is 31.6. The van der Waals surface area contributed by atoms with Crippen LogP contribution >= 0.6 is 0 Å². The number of hydrogen-bond donors (Lipinski definition) is 0. The molecule has 4 heterocycles. The standard InChI is InChI=1S/C38H30N4O6/c1-45-37(43)27-17-33(31-21-29(13-15-39-31)47-23-25-9-5-3-6-10-25)41-35(19-27)36-20-28(38(44)46-2)18-34(42-36)32-22-30(14-16-40-32)48-24-26-11-7-4-8-12-26/h3-22H,23-24H2,1-2H3. The molecule has 0 saturated carbocycles. The van der Waals surface area contributed by atoms with Crippen molar-refractivity contribution < 1.29 is 28.5 Å². The SMILES string of the molecule is COC(=O)c1cc(-c2cc(OCc3ccccc3)ccn2)nc(-c2cc(C(=O)OC)cc(-c3cc(OCc4ccccc4)ccn3)n2)c1. The summed E-state index contributed by atoms with van der Waals surface area (Å²) in [5, 5.41) is 0. The highest BCUT2D eigenvalue weighted by molar-refractivity contribution is 5.94. The topological polar surface area (TPSA) is 123 Å². The van der Waals surface area contributed by atoms with E-state index in [0.29, 0.717) is 58.9 Å². The van der Waals surface area contributed by atoms with Gasteiger partial charge < -0.3 is 18.9 Å². The number of benzene rings is 2. The summed E-state index contributed by atoms with van der Waals surface area (Å²) in [6.45, 7) is 0.732. The molecule has 0 amide bonds. The van der Waals surface area contributed by atoms with Crippen molar-refractivity contribution in [3.8, 4) is 45.7 Å². The number of pyridine rings is 4. The van der Waals surface area contributed by atoms with Crippen molar-refractivity contribution in [1.29, 1.82) is 0 Å². The second-order valence-corrected chi connectivity index (χ2v) is 10.5. The minimum atomic E-state index is -0.578. The van der Waals surface area contributed by atoms with E-state index in [2.05, 4.69) is 9.97 Å². The van der Waals surface area contributed by atoms with Crippen LogP contribution in [0.2, 0.25) is 0 Å². The Morgan fingerprint density at radius 2 is 0.875 bits per heavy atom. The maximum Gasteiger partial charge on any atom is 0.338 e. The van der Waals surface area contributed by atoms with Crippen LogP contribution in [0.15, 0.2) is 122 Å². The lowest BCUT2D eigenvalue weighted by Gasteiger charge is -2.12. The minimum absolute atomic E-state index is 0.219. The van der Waals surface area contributed by atoms with Gasteiger partial charge in [-0.2, -0.15) is 0 Å². The zero-order valence-corrected chi connectivity index (χ0v) is 26.2. The van der Waals surface area contributed by atoms with Gasteiger partial charge in [-0.05, 0) is 47.5 Å². The zero-order valence-electron chi connectivity index (χ0n) is 26.2. The third kappa shape index (κ3) is 7.68. The summed E-state index contributed by atoms with van der Waals surface area (Å²) in [7, 11) is 2.59. The van der Waals surface area contributed by atoms with Gasteiger partial charge in [0.25, 0.3) is 0 Å². The molecular weight excluding hydrogens is 608 g/mol. The molecule has 4 aromatic heterocycles. The number of carbonyl (C=O) groups excluding carboxylic acids is 2. The van der Waals surface area contributed by atoms with Crippen LogP contribution in [0.4, 0.5) is 0 Å². The van der Waals surface area contributed by atoms with E-state index in [1.807, 2.05) is 60.7 Å². The Labute approximate surface area is 277 Å². The van der Waals surface area contributed by atoms with Crippen LogP contribution in [0, 0.1) is 0 Å². The summed E-state index contributed by atoms with van der Waals surface area (Å²) in [6, 6.07) is 32.8. The average Bonchev–Trinajstić information content (AvgIpc) is 3.16. The van der Waals surface area contributed by atoms with Gasteiger partial charge in [0.1, 0.15) is 24.7 Å². The smallest absolute Gasteiger partial charge is 0.338 e. The van der Waals surface area contributed by atoms with Gasteiger partial charge in [-0.15, -0.1) is 0 Å². The number of esters is 2. The fourth-order valence-corrected chi connectivity index (χ4v) is 4.82. The predicted molar refractivity (Wildman–Crippen MR) is 178 cm³/mol.